The molecule has 0 aromatic heterocycles. The highest BCUT2D eigenvalue weighted by molar-refractivity contribution is 6.68. The van der Waals surface area contributed by atoms with Crippen molar-refractivity contribution < 1.29 is 8.78 Å². The molecule has 0 unspecified atom stereocenters. The molecule has 0 aliphatic heterocycles. The van der Waals surface area contributed by atoms with Crippen molar-refractivity contribution in [1.82, 2.24) is 0 Å². The molecule has 112 valence electrons. The summed E-state index contributed by atoms with van der Waals surface area (Å²) in [6, 6.07) is 8.62. The molecular weight excluding hydrogens is 337 g/mol. The summed E-state index contributed by atoms with van der Waals surface area (Å²) in [4.78, 5) is 0. The molecule has 0 radical (unpaired) electrons. The van der Waals surface area contributed by atoms with E-state index >= 15 is 0 Å². The Labute approximate surface area is 137 Å². The van der Waals surface area contributed by atoms with Crippen LogP contribution in [0, 0.1) is 25.5 Å². The van der Waals surface area contributed by atoms with E-state index in [1.807, 2.05) is 0 Å². The second-order valence-corrected chi connectivity index (χ2v) is 7.35. The quantitative estimate of drug-likeness (QED) is 0.576. The van der Waals surface area contributed by atoms with E-state index in [2.05, 4.69) is 0 Å². The van der Waals surface area contributed by atoms with Gasteiger partial charge in [0.15, 0.2) is 0 Å². The Morgan fingerprint density at radius 2 is 1.19 bits per heavy atom. The molecule has 0 aliphatic carbocycles. The lowest BCUT2D eigenvalue weighted by atomic mass is 9.87. The molecule has 0 amide bonds. The maximum atomic E-state index is 13.3. The van der Waals surface area contributed by atoms with Gasteiger partial charge in [-0.3, -0.25) is 0 Å². The van der Waals surface area contributed by atoms with E-state index in [0.717, 1.165) is 0 Å². The molecule has 0 N–H and O–H groups in total. The van der Waals surface area contributed by atoms with Crippen LogP contribution < -0.4 is 0 Å². The number of rotatable bonds is 2. The Balaban J connectivity index is 2.64. The third kappa shape index (κ3) is 3.68. The van der Waals surface area contributed by atoms with Crippen LogP contribution in [0.5, 0.6) is 0 Å². The minimum absolute atomic E-state index is 0.352. The highest BCUT2D eigenvalue weighted by Gasteiger charge is 2.37. The molecule has 2 rings (SSSR count). The maximum Gasteiger partial charge on any atom is 0.201 e. The summed E-state index contributed by atoms with van der Waals surface area (Å²) in [7, 11) is 0. The molecule has 0 aliphatic rings. The third-order valence-electron chi connectivity index (χ3n) is 3.41. The molecule has 0 nitrogen and oxygen atoms in total. The topological polar surface area (TPSA) is 0 Å². The van der Waals surface area contributed by atoms with Gasteiger partial charge >= 0.3 is 0 Å². The first-order chi connectivity index (χ1) is 9.70. The van der Waals surface area contributed by atoms with E-state index in [-0.39, 0.29) is 11.6 Å². The first-order valence-corrected chi connectivity index (χ1v) is 7.42. The van der Waals surface area contributed by atoms with Gasteiger partial charge in [-0.25, -0.2) is 8.78 Å². The normalized spacial score (nSPS) is 12.0. The minimum Gasteiger partial charge on any atom is -0.207 e. The number of hydrogen-bond donors (Lipinski definition) is 0. The van der Waals surface area contributed by atoms with Crippen molar-refractivity contribution in [2.45, 2.75) is 23.6 Å². The van der Waals surface area contributed by atoms with Gasteiger partial charge in [-0.05, 0) is 60.4 Å². The predicted molar refractivity (Wildman–Crippen MR) is 84.4 cm³/mol. The van der Waals surface area contributed by atoms with Crippen LogP contribution in [0.3, 0.4) is 0 Å². The molecule has 0 spiro atoms. The van der Waals surface area contributed by atoms with Gasteiger partial charge < -0.3 is 0 Å². The SMILES string of the molecule is Cc1cc(F)ccc1C(c1ccc(F)cc1C)C(Cl)(Cl)Cl. The second kappa shape index (κ2) is 6.12. The number of alkyl halides is 3. The standard InChI is InChI=1S/C16H13Cl3F2/c1-9-7-11(20)3-5-13(9)15(16(17,18)19)14-6-4-12(21)8-10(14)2/h3-8,15H,1-2H3. The van der Waals surface area contributed by atoms with Crippen LogP contribution >= 0.6 is 34.8 Å². The number of halogens is 5. The third-order valence-corrected chi connectivity index (χ3v) is 4.07. The van der Waals surface area contributed by atoms with Crippen molar-refractivity contribution in [3.05, 3.63) is 70.3 Å². The van der Waals surface area contributed by atoms with E-state index in [4.69, 9.17) is 34.8 Å². The Morgan fingerprint density at radius 3 is 1.48 bits per heavy atom. The van der Waals surface area contributed by atoms with E-state index in [0.29, 0.717) is 22.3 Å². The zero-order chi connectivity index (χ0) is 15.8. The van der Waals surface area contributed by atoms with Crippen molar-refractivity contribution in [2.24, 2.45) is 0 Å². The highest BCUT2D eigenvalue weighted by atomic mass is 35.6. The Hall–Kier alpha value is -0.830. The molecular formula is C16H13Cl3F2. The summed E-state index contributed by atoms with van der Waals surface area (Å²) >= 11 is 18.4. The zero-order valence-corrected chi connectivity index (χ0v) is 13.7. The fourth-order valence-electron chi connectivity index (χ4n) is 2.45. The summed E-state index contributed by atoms with van der Waals surface area (Å²) in [5.41, 5.74) is 2.75. The molecule has 0 fully saturated rings. The van der Waals surface area contributed by atoms with Crippen LogP contribution in [0.15, 0.2) is 36.4 Å². The van der Waals surface area contributed by atoms with Crippen molar-refractivity contribution in [2.75, 3.05) is 0 Å². The molecule has 0 atom stereocenters. The fraction of sp³-hybridized carbons (Fsp3) is 0.250. The van der Waals surface area contributed by atoms with Crippen molar-refractivity contribution in [3.63, 3.8) is 0 Å². The number of aryl methyl sites for hydroxylation is 2. The first kappa shape index (κ1) is 16.5. The molecule has 0 saturated carbocycles. The van der Waals surface area contributed by atoms with Crippen LogP contribution in [0.1, 0.15) is 28.2 Å². The van der Waals surface area contributed by atoms with Crippen LogP contribution in [-0.4, -0.2) is 3.79 Å². The van der Waals surface area contributed by atoms with Gasteiger partial charge in [0.1, 0.15) is 11.6 Å². The summed E-state index contributed by atoms with van der Waals surface area (Å²) in [5.74, 6) is -1.31. The Morgan fingerprint density at radius 1 is 0.810 bits per heavy atom. The minimum atomic E-state index is -1.63. The summed E-state index contributed by atoms with van der Waals surface area (Å²) in [5, 5.41) is 0. The van der Waals surface area contributed by atoms with Gasteiger partial charge in [0.2, 0.25) is 3.79 Å². The van der Waals surface area contributed by atoms with E-state index in [1.165, 1.54) is 24.3 Å². The fourth-order valence-corrected chi connectivity index (χ4v) is 3.15. The Bertz CT molecular complexity index is 612. The van der Waals surface area contributed by atoms with Gasteiger partial charge in [-0.15, -0.1) is 0 Å². The zero-order valence-electron chi connectivity index (χ0n) is 11.4. The van der Waals surface area contributed by atoms with Crippen LogP contribution in [0.2, 0.25) is 0 Å². The number of hydrogen-bond acceptors (Lipinski definition) is 0. The molecule has 0 heterocycles. The van der Waals surface area contributed by atoms with E-state index in [9.17, 15) is 8.78 Å². The monoisotopic (exact) mass is 348 g/mol. The van der Waals surface area contributed by atoms with Crippen LogP contribution in [0.4, 0.5) is 8.78 Å². The van der Waals surface area contributed by atoms with E-state index < -0.39 is 9.71 Å². The highest BCUT2D eigenvalue weighted by Crippen LogP contribution is 2.47. The van der Waals surface area contributed by atoms with Crippen LogP contribution in [0.25, 0.3) is 0 Å². The van der Waals surface area contributed by atoms with Gasteiger partial charge in [0, 0.05) is 0 Å². The first-order valence-electron chi connectivity index (χ1n) is 6.29. The van der Waals surface area contributed by atoms with Crippen molar-refractivity contribution in [3.8, 4) is 0 Å². The molecule has 0 bridgehead atoms. The largest absolute Gasteiger partial charge is 0.207 e. The van der Waals surface area contributed by atoms with Gasteiger partial charge in [-0.2, -0.15) is 0 Å². The smallest absolute Gasteiger partial charge is 0.201 e. The molecule has 0 saturated heterocycles. The van der Waals surface area contributed by atoms with Crippen molar-refractivity contribution >= 4 is 34.8 Å². The molecule has 2 aromatic carbocycles. The molecule has 21 heavy (non-hydrogen) atoms. The Kier molecular flexibility index (Phi) is 4.82. The molecule has 5 heteroatoms. The average molecular weight is 350 g/mol. The van der Waals surface area contributed by atoms with Gasteiger partial charge in [-0.1, -0.05) is 46.9 Å². The van der Waals surface area contributed by atoms with Crippen molar-refractivity contribution in [1.29, 1.82) is 0 Å². The molecule has 2 aromatic rings. The average Bonchev–Trinajstić information content (AvgIpc) is 2.33. The second-order valence-electron chi connectivity index (χ2n) is 4.98. The van der Waals surface area contributed by atoms with Gasteiger partial charge in [0.25, 0.3) is 0 Å². The van der Waals surface area contributed by atoms with Gasteiger partial charge in [0.05, 0.1) is 5.92 Å². The van der Waals surface area contributed by atoms with E-state index in [1.54, 1.807) is 26.0 Å². The maximum absolute atomic E-state index is 13.3. The summed E-state index contributed by atoms with van der Waals surface area (Å²) < 4.78 is 25.0. The predicted octanol–water partition coefficient (Wildman–Crippen LogP) is 6.08. The van der Waals surface area contributed by atoms with Crippen LogP contribution in [-0.2, 0) is 0 Å². The lowest BCUT2D eigenvalue weighted by Crippen LogP contribution is -2.20. The lowest BCUT2D eigenvalue weighted by molar-refractivity contribution is 0.622. The number of benzene rings is 2. The lowest BCUT2D eigenvalue weighted by Gasteiger charge is -2.28. The summed E-state index contributed by atoms with van der Waals surface area (Å²) in [6.07, 6.45) is 0. The summed E-state index contributed by atoms with van der Waals surface area (Å²) in [6.45, 7) is 3.50.